The summed E-state index contributed by atoms with van der Waals surface area (Å²) < 4.78 is 0. The van der Waals surface area contributed by atoms with Crippen LogP contribution in [0.1, 0.15) is 50.2 Å². The molecule has 1 N–H and O–H groups in total. The highest BCUT2D eigenvalue weighted by atomic mass is 16.2. The van der Waals surface area contributed by atoms with Gasteiger partial charge in [-0.05, 0) is 32.3 Å². The molecule has 2 saturated heterocycles. The first-order valence-electron chi connectivity index (χ1n) is 9.41. The smallest absolute Gasteiger partial charge is 0.325 e. The highest BCUT2D eigenvalue weighted by Crippen LogP contribution is 2.29. The van der Waals surface area contributed by atoms with Crippen LogP contribution in [0.25, 0.3) is 0 Å². The van der Waals surface area contributed by atoms with Gasteiger partial charge >= 0.3 is 6.03 Å². The van der Waals surface area contributed by atoms with Crippen molar-refractivity contribution in [1.29, 1.82) is 0 Å². The largest absolute Gasteiger partial charge is 0.341 e. The van der Waals surface area contributed by atoms with Crippen molar-refractivity contribution in [2.75, 3.05) is 19.6 Å². The summed E-state index contributed by atoms with van der Waals surface area (Å²) in [5, 5.41) is 2.76. The van der Waals surface area contributed by atoms with Gasteiger partial charge in [-0.25, -0.2) is 4.79 Å². The first-order chi connectivity index (χ1) is 12.4. The second-order valence-electron chi connectivity index (χ2n) is 7.46. The molecule has 2 aliphatic rings. The van der Waals surface area contributed by atoms with Crippen molar-refractivity contribution in [2.45, 2.75) is 51.5 Å². The van der Waals surface area contributed by atoms with Gasteiger partial charge in [0, 0.05) is 13.1 Å². The van der Waals surface area contributed by atoms with Crippen molar-refractivity contribution in [3.8, 4) is 0 Å². The van der Waals surface area contributed by atoms with E-state index < -0.39 is 11.6 Å². The number of imide groups is 1. The lowest BCUT2D eigenvalue weighted by Crippen LogP contribution is -2.45. The molecule has 0 aliphatic carbocycles. The average Bonchev–Trinajstić information content (AvgIpc) is 2.79. The van der Waals surface area contributed by atoms with Crippen LogP contribution in [0, 0.1) is 6.92 Å². The van der Waals surface area contributed by atoms with E-state index in [1.54, 1.807) is 11.8 Å². The number of hydrogen-bond acceptors (Lipinski definition) is 3. The summed E-state index contributed by atoms with van der Waals surface area (Å²) in [5.41, 5.74) is 0.683. The van der Waals surface area contributed by atoms with Gasteiger partial charge in [-0.15, -0.1) is 0 Å². The number of rotatable bonds is 3. The number of urea groups is 1. The Morgan fingerprint density at radius 3 is 2.23 bits per heavy atom. The van der Waals surface area contributed by atoms with E-state index in [9.17, 15) is 14.4 Å². The lowest BCUT2D eigenvalue weighted by Gasteiger charge is -2.27. The van der Waals surface area contributed by atoms with E-state index in [-0.39, 0.29) is 18.4 Å². The Balaban J connectivity index is 1.72. The standard InChI is InChI=1S/C20H27N3O3/c1-15-8-10-16(11-9-15)20(2)18(25)23(19(26)21-20)14-17(24)22-12-6-4-3-5-7-13-22/h8-11H,3-7,12-14H2,1-2H3,(H,21,26). The summed E-state index contributed by atoms with van der Waals surface area (Å²) in [7, 11) is 0. The quantitative estimate of drug-likeness (QED) is 0.845. The summed E-state index contributed by atoms with van der Waals surface area (Å²) in [6.45, 7) is 4.88. The van der Waals surface area contributed by atoms with Crippen LogP contribution >= 0.6 is 0 Å². The summed E-state index contributed by atoms with van der Waals surface area (Å²) in [6.07, 6.45) is 5.42. The molecule has 1 aromatic carbocycles. The number of amides is 4. The topological polar surface area (TPSA) is 69.7 Å². The number of likely N-dealkylation sites (tertiary alicyclic amines) is 1. The van der Waals surface area contributed by atoms with Crippen molar-refractivity contribution in [3.63, 3.8) is 0 Å². The van der Waals surface area contributed by atoms with Crippen molar-refractivity contribution in [3.05, 3.63) is 35.4 Å². The minimum atomic E-state index is -1.12. The van der Waals surface area contributed by atoms with Gasteiger partial charge in [-0.2, -0.15) is 0 Å². The van der Waals surface area contributed by atoms with Crippen molar-refractivity contribution in [1.82, 2.24) is 15.1 Å². The SMILES string of the molecule is Cc1ccc(C2(C)NC(=O)N(CC(=O)N3CCCCCCC3)C2=O)cc1. The first-order valence-corrected chi connectivity index (χ1v) is 9.41. The molecule has 1 atom stereocenters. The molecule has 2 heterocycles. The van der Waals surface area contributed by atoms with E-state index in [0.29, 0.717) is 13.1 Å². The van der Waals surface area contributed by atoms with Gasteiger partial charge in [-0.1, -0.05) is 49.1 Å². The van der Waals surface area contributed by atoms with E-state index in [0.717, 1.165) is 41.7 Å². The monoisotopic (exact) mass is 357 g/mol. The summed E-state index contributed by atoms with van der Waals surface area (Å²) in [4.78, 5) is 40.8. The molecule has 3 rings (SSSR count). The Kier molecular flexibility index (Phi) is 5.30. The molecule has 26 heavy (non-hydrogen) atoms. The van der Waals surface area contributed by atoms with Crippen LogP contribution in [0.4, 0.5) is 4.79 Å². The maximum atomic E-state index is 12.9. The highest BCUT2D eigenvalue weighted by Gasteiger charge is 2.49. The Bertz CT molecular complexity index is 693. The zero-order chi connectivity index (χ0) is 18.7. The minimum Gasteiger partial charge on any atom is -0.341 e. The zero-order valence-corrected chi connectivity index (χ0v) is 15.6. The Hall–Kier alpha value is -2.37. The Labute approximate surface area is 154 Å². The molecule has 1 unspecified atom stereocenters. The number of aryl methyl sites for hydroxylation is 1. The third-order valence-corrected chi connectivity index (χ3v) is 5.41. The van der Waals surface area contributed by atoms with Crippen LogP contribution in [0.15, 0.2) is 24.3 Å². The fourth-order valence-electron chi connectivity index (χ4n) is 3.66. The number of carbonyl (C=O) groups excluding carboxylic acids is 3. The van der Waals surface area contributed by atoms with Crippen LogP contribution in [0.3, 0.4) is 0 Å². The van der Waals surface area contributed by atoms with E-state index in [1.807, 2.05) is 31.2 Å². The van der Waals surface area contributed by atoms with E-state index in [1.165, 1.54) is 6.42 Å². The third kappa shape index (κ3) is 3.59. The van der Waals surface area contributed by atoms with Crippen molar-refractivity contribution in [2.24, 2.45) is 0 Å². The van der Waals surface area contributed by atoms with Crippen molar-refractivity contribution < 1.29 is 14.4 Å². The van der Waals surface area contributed by atoms with Gasteiger partial charge in [0.15, 0.2) is 0 Å². The minimum absolute atomic E-state index is 0.149. The molecule has 0 radical (unpaired) electrons. The molecule has 6 nitrogen and oxygen atoms in total. The van der Waals surface area contributed by atoms with Gasteiger partial charge in [0.05, 0.1) is 0 Å². The molecule has 4 amide bonds. The fourth-order valence-corrected chi connectivity index (χ4v) is 3.66. The molecule has 2 fully saturated rings. The number of carbonyl (C=O) groups is 3. The van der Waals surface area contributed by atoms with Gasteiger partial charge in [0.2, 0.25) is 5.91 Å². The van der Waals surface area contributed by atoms with Crippen LogP contribution in [0.2, 0.25) is 0 Å². The van der Waals surface area contributed by atoms with Crippen LogP contribution in [-0.2, 0) is 15.1 Å². The Morgan fingerprint density at radius 1 is 1.04 bits per heavy atom. The predicted octanol–water partition coefficient (Wildman–Crippen LogP) is 2.55. The first kappa shape index (κ1) is 18.4. The molecular weight excluding hydrogens is 330 g/mol. The Morgan fingerprint density at radius 2 is 1.62 bits per heavy atom. The maximum absolute atomic E-state index is 12.9. The molecule has 140 valence electrons. The fraction of sp³-hybridized carbons (Fsp3) is 0.550. The molecular formula is C20H27N3O3. The van der Waals surface area contributed by atoms with Gasteiger partial charge in [-0.3, -0.25) is 14.5 Å². The molecule has 0 saturated carbocycles. The van der Waals surface area contributed by atoms with E-state index in [4.69, 9.17) is 0 Å². The summed E-state index contributed by atoms with van der Waals surface area (Å²) >= 11 is 0. The molecule has 0 aromatic heterocycles. The van der Waals surface area contributed by atoms with E-state index >= 15 is 0 Å². The number of nitrogens with one attached hydrogen (secondary N) is 1. The molecule has 0 spiro atoms. The highest BCUT2D eigenvalue weighted by molar-refractivity contribution is 6.09. The number of hydrogen-bond donors (Lipinski definition) is 1. The molecule has 1 aromatic rings. The summed E-state index contributed by atoms with van der Waals surface area (Å²) in [6, 6.07) is 7.01. The lowest BCUT2D eigenvalue weighted by atomic mass is 9.91. The molecule has 6 heteroatoms. The zero-order valence-electron chi connectivity index (χ0n) is 15.6. The second-order valence-corrected chi connectivity index (χ2v) is 7.46. The third-order valence-electron chi connectivity index (χ3n) is 5.41. The van der Waals surface area contributed by atoms with E-state index in [2.05, 4.69) is 5.32 Å². The maximum Gasteiger partial charge on any atom is 0.325 e. The van der Waals surface area contributed by atoms with Gasteiger partial charge in [0.25, 0.3) is 5.91 Å². The van der Waals surface area contributed by atoms with Crippen LogP contribution < -0.4 is 5.32 Å². The van der Waals surface area contributed by atoms with Crippen molar-refractivity contribution >= 4 is 17.8 Å². The van der Waals surface area contributed by atoms with Crippen LogP contribution in [-0.4, -0.2) is 47.3 Å². The normalized spacial score (nSPS) is 24.2. The molecule has 2 aliphatic heterocycles. The predicted molar refractivity (Wildman–Crippen MR) is 98.4 cm³/mol. The number of nitrogens with zero attached hydrogens (tertiary/aromatic N) is 2. The lowest BCUT2D eigenvalue weighted by molar-refractivity contribution is -0.139. The molecule has 0 bridgehead atoms. The van der Waals surface area contributed by atoms with Gasteiger partial charge < -0.3 is 10.2 Å². The van der Waals surface area contributed by atoms with Crippen LogP contribution in [0.5, 0.6) is 0 Å². The average molecular weight is 357 g/mol. The number of benzene rings is 1. The summed E-state index contributed by atoms with van der Waals surface area (Å²) in [5.74, 6) is -0.518. The second kappa shape index (κ2) is 7.48. The van der Waals surface area contributed by atoms with Gasteiger partial charge in [0.1, 0.15) is 12.1 Å².